The van der Waals surface area contributed by atoms with E-state index in [-0.39, 0.29) is 23.8 Å². The highest BCUT2D eigenvalue weighted by Crippen LogP contribution is 2.36. The Labute approximate surface area is 208 Å². The Morgan fingerprint density at radius 2 is 1.88 bits per heavy atom. The normalized spacial score (nSPS) is 19.9. The molecule has 0 spiro atoms. The molecule has 34 heavy (non-hydrogen) atoms. The second-order valence-corrected chi connectivity index (χ2v) is 9.79. The van der Waals surface area contributed by atoms with Crippen LogP contribution in [0.4, 0.5) is 0 Å². The highest BCUT2D eigenvalue weighted by Gasteiger charge is 2.37. The number of benzene rings is 2. The third kappa shape index (κ3) is 4.32. The SMILES string of the molecule is COC(=O)c1ccc(-c2cc(Cl)c(CC3CCN(C4CCc5[nH]ncc5C4)C3=O)c(Cl)c2)cc1. The van der Waals surface area contributed by atoms with Crippen LogP contribution in [-0.4, -0.2) is 46.7 Å². The van der Waals surface area contributed by atoms with Gasteiger partial charge in [-0.05, 0) is 78.6 Å². The van der Waals surface area contributed by atoms with Crippen molar-refractivity contribution < 1.29 is 14.3 Å². The summed E-state index contributed by atoms with van der Waals surface area (Å²) in [6.45, 7) is 0.765. The van der Waals surface area contributed by atoms with Crippen molar-refractivity contribution in [3.63, 3.8) is 0 Å². The fourth-order valence-electron chi connectivity index (χ4n) is 5.11. The number of hydrogen-bond acceptors (Lipinski definition) is 4. The van der Waals surface area contributed by atoms with E-state index < -0.39 is 0 Å². The van der Waals surface area contributed by atoms with Gasteiger partial charge < -0.3 is 9.64 Å². The molecular weight excluding hydrogens is 473 g/mol. The molecular formula is C26H25Cl2N3O3. The minimum absolute atomic E-state index is 0.120. The number of methoxy groups -OCH3 is 1. The van der Waals surface area contributed by atoms with E-state index in [0.717, 1.165) is 48.9 Å². The molecule has 2 aliphatic rings. The highest BCUT2D eigenvalue weighted by molar-refractivity contribution is 6.36. The van der Waals surface area contributed by atoms with Gasteiger partial charge in [0.2, 0.25) is 5.91 Å². The zero-order valence-corrected chi connectivity index (χ0v) is 20.3. The molecule has 1 fully saturated rings. The van der Waals surface area contributed by atoms with Crippen molar-refractivity contribution in [1.82, 2.24) is 15.1 Å². The Morgan fingerprint density at radius 3 is 2.59 bits per heavy atom. The van der Waals surface area contributed by atoms with Gasteiger partial charge in [-0.15, -0.1) is 0 Å². The molecule has 5 rings (SSSR count). The summed E-state index contributed by atoms with van der Waals surface area (Å²) in [4.78, 5) is 27.0. The minimum Gasteiger partial charge on any atom is -0.465 e. The van der Waals surface area contributed by atoms with Crippen molar-refractivity contribution in [3.8, 4) is 11.1 Å². The Balaban J connectivity index is 1.29. The first-order valence-corrected chi connectivity index (χ1v) is 12.2. The van der Waals surface area contributed by atoms with E-state index in [4.69, 9.17) is 27.9 Å². The maximum atomic E-state index is 13.3. The van der Waals surface area contributed by atoms with Crippen LogP contribution in [0.3, 0.4) is 0 Å². The minimum atomic E-state index is -0.383. The van der Waals surface area contributed by atoms with Crippen LogP contribution in [0.25, 0.3) is 11.1 Å². The van der Waals surface area contributed by atoms with Crippen molar-refractivity contribution in [1.29, 1.82) is 0 Å². The van der Waals surface area contributed by atoms with Gasteiger partial charge in [0.05, 0.1) is 18.9 Å². The lowest BCUT2D eigenvalue weighted by molar-refractivity contribution is -0.133. The lowest BCUT2D eigenvalue weighted by Crippen LogP contribution is -2.41. The number of amides is 1. The number of aryl methyl sites for hydroxylation is 1. The number of nitrogens with one attached hydrogen (secondary N) is 1. The number of ether oxygens (including phenoxy) is 1. The van der Waals surface area contributed by atoms with Crippen LogP contribution in [-0.2, 0) is 28.8 Å². The van der Waals surface area contributed by atoms with Crippen molar-refractivity contribution in [3.05, 3.63) is 75.0 Å². The van der Waals surface area contributed by atoms with Crippen LogP contribution in [0, 0.1) is 5.92 Å². The standard InChI is InChI=1S/C26H25Cl2N3O3/c1-34-26(33)16-4-2-15(3-5-16)18-12-22(27)21(23(28)13-18)11-17-8-9-31(25(17)32)20-6-7-24-19(10-20)14-29-30-24/h2-5,12-14,17,20H,6-11H2,1H3,(H,29,30). The molecule has 0 bridgehead atoms. The average molecular weight is 498 g/mol. The maximum absolute atomic E-state index is 13.3. The monoisotopic (exact) mass is 497 g/mol. The molecule has 8 heteroatoms. The summed E-state index contributed by atoms with van der Waals surface area (Å²) < 4.78 is 4.75. The first kappa shape index (κ1) is 22.9. The molecule has 1 N–H and O–H groups in total. The van der Waals surface area contributed by atoms with Gasteiger partial charge in [0.1, 0.15) is 0 Å². The van der Waals surface area contributed by atoms with Gasteiger partial charge in [-0.2, -0.15) is 5.10 Å². The van der Waals surface area contributed by atoms with E-state index in [9.17, 15) is 9.59 Å². The lowest BCUT2D eigenvalue weighted by Gasteiger charge is -2.31. The molecule has 1 aliphatic heterocycles. The largest absolute Gasteiger partial charge is 0.465 e. The van der Waals surface area contributed by atoms with Gasteiger partial charge in [0.25, 0.3) is 0 Å². The van der Waals surface area contributed by atoms with Crippen LogP contribution >= 0.6 is 23.2 Å². The van der Waals surface area contributed by atoms with Gasteiger partial charge in [0.15, 0.2) is 0 Å². The summed E-state index contributed by atoms with van der Waals surface area (Å²) in [6, 6.07) is 11.1. The Bertz CT molecular complexity index is 1220. The van der Waals surface area contributed by atoms with Crippen molar-refractivity contribution in [2.75, 3.05) is 13.7 Å². The van der Waals surface area contributed by atoms with Gasteiger partial charge in [-0.3, -0.25) is 9.89 Å². The average Bonchev–Trinajstić information content (AvgIpc) is 3.46. The zero-order valence-electron chi connectivity index (χ0n) is 18.8. The smallest absolute Gasteiger partial charge is 0.337 e. The number of carbonyl (C=O) groups excluding carboxylic acids is 2. The van der Waals surface area contributed by atoms with Crippen molar-refractivity contribution in [2.24, 2.45) is 5.92 Å². The number of likely N-dealkylation sites (tertiary alicyclic amines) is 1. The second kappa shape index (κ2) is 9.43. The molecule has 2 heterocycles. The summed E-state index contributed by atoms with van der Waals surface area (Å²) in [5.74, 6) is -0.316. The maximum Gasteiger partial charge on any atom is 0.337 e. The molecule has 2 aromatic carbocycles. The molecule has 2 unspecified atom stereocenters. The summed E-state index contributed by atoms with van der Waals surface area (Å²) >= 11 is 13.3. The molecule has 6 nitrogen and oxygen atoms in total. The lowest BCUT2D eigenvalue weighted by atomic mass is 9.92. The molecule has 1 aliphatic carbocycles. The van der Waals surface area contributed by atoms with Crippen LogP contribution in [0.1, 0.15) is 40.0 Å². The number of halogens is 2. The van der Waals surface area contributed by atoms with Gasteiger partial charge in [-0.1, -0.05) is 35.3 Å². The van der Waals surface area contributed by atoms with E-state index in [2.05, 4.69) is 10.2 Å². The molecule has 0 saturated carbocycles. The number of hydrogen-bond donors (Lipinski definition) is 1. The molecule has 1 aromatic heterocycles. The number of aromatic amines is 1. The number of H-pyrrole nitrogens is 1. The molecule has 2 atom stereocenters. The van der Waals surface area contributed by atoms with Gasteiger partial charge in [0, 0.05) is 34.2 Å². The number of fused-ring (bicyclic) bond motifs is 1. The third-order valence-electron chi connectivity index (χ3n) is 7.01. The third-order valence-corrected chi connectivity index (χ3v) is 7.69. The van der Waals surface area contributed by atoms with E-state index in [1.807, 2.05) is 35.4 Å². The van der Waals surface area contributed by atoms with E-state index in [1.165, 1.54) is 18.4 Å². The molecule has 1 saturated heterocycles. The predicted octanol–water partition coefficient (Wildman–Crippen LogP) is 5.12. The van der Waals surface area contributed by atoms with Crippen LogP contribution < -0.4 is 0 Å². The number of carbonyl (C=O) groups is 2. The fraction of sp³-hybridized carbons (Fsp3) is 0.346. The number of nitrogens with zero attached hydrogens (tertiary/aromatic N) is 2. The van der Waals surface area contributed by atoms with Crippen LogP contribution in [0.5, 0.6) is 0 Å². The zero-order chi connectivity index (χ0) is 23.8. The summed E-state index contributed by atoms with van der Waals surface area (Å²) in [7, 11) is 1.35. The Kier molecular flexibility index (Phi) is 6.36. The number of rotatable bonds is 5. The summed E-state index contributed by atoms with van der Waals surface area (Å²) in [6.07, 6.45) is 5.95. The Morgan fingerprint density at radius 1 is 1.15 bits per heavy atom. The van der Waals surface area contributed by atoms with Crippen LogP contribution in [0.2, 0.25) is 10.0 Å². The Hall–Kier alpha value is -2.83. The van der Waals surface area contributed by atoms with Gasteiger partial charge >= 0.3 is 5.97 Å². The topological polar surface area (TPSA) is 75.3 Å². The number of aromatic nitrogens is 2. The summed E-state index contributed by atoms with van der Waals surface area (Å²) in [5, 5.41) is 8.29. The van der Waals surface area contributed by atoms with Crippen LogP contribution in [0.15, 0.2) is 42.6 Å². The number of esters is 1. The highest BCUT2D eigenvalue weighted by atomic mass is 35.5. The molecule has 3 aromatic rings. The molecule has 1 amide bonds. The van der Waals surface area contributed by atoms with Crippen molar-refractivity contribution in [2.45, 2.75) is 38.1 Å². The van der Waals surface area contributed by atoms with Crippen molar-refractivity contribution >= 4 is 35.1 Å². The first-order valence-electron chi connectivity index (χ1n) is 11.4. The predicted molar refractivity (Wildman–Crippen MR) is 131 cm³/mol. The van der Waals surface area contributed by atoms with Gasteiger partial charge in [-0.25, -0.2) is 4.79 Å². The molecule has 0 radical (unpaired) electrons. The molecule has 176 valence electrons. The quantitative estimate of drug-likeness (QED) is 0.496. The fourth-order valence-corrected chi connectivity index (χ4v) is 5.75. The van der Waals surface area contributed by atoms with E-state index >= 15 is 0 Å². The van der Waals surface area contributed by atoms with E-state index in [0.29, 0.717) is 22.0 Å². The van der Waals surface area contributed by atoms with E-state index in [1.54, 1.807) is 12.1 Å². The summed E-state index contributed by atoms with van der Waals surface area (Å²) in [5.41, 5.74) is 5.44. The second-order valence-electron chi connectivity index (χ2n) is 8.98. The first-order chi connectivity index (χ1) is 16.4.